The zero-order valence-electron chi connectivity index (χ0n) is 74.9. The van der Waals surface area contributed by atoms with E-state index in [4.69, 9.17) is 7.85 Å². The van der Waals surface area contributed by atoms with Gasteiger partial charge in [0.05, 0.1) is 85.1 Å². The quantitative estimate of drug-likeness (QED) is 0.0887. The number of nitrogens with zero attached hydrogens (tertiary/aromatic N) is 8. The molecular formula is C127H88BN8P. The molecule has 0 fully saturated rings. The number of fused-ring (bicyclic) bond motifs is 21. The van der Waals surface area contributed by atoms with Crippen LogP contribution in [0.4, 0.5) is 17.1 Å². The molecule has 0 spiro atoms. The van der Waals surface area contributed by atoms with E-state index < -0.39 is 0 Å². The normalized spacial score (nSPS) is 11.6. The minimum atomic E-state index is 0.667. The summed E-state index contributed by atoms with van der Waals surface area (Å²) in [6.07, 6.45) is 0. The third-order valence-electron chi connectivity index (χ3n) is 27.3. The molecule has 0 saturated heterocycles. The molecule has 21 aromatic carbocycles. The highest BCUT2D eigenvalue weighted by atomic mass is 31.0. The number of rotatable bonds is 12. The standard InChI is InChI=1S/C54H36N4.2C36H24N2.CH4BP/c1-7-19-49-43(13-1)44-14-2-8-20-50(44)56(49)40-31-25-37(26-32-40)55(38-27-33-41(34-28-38)57-51-21-9-3-15-45(51)46-16-4-10-22-52(46)57)39-29-35-42(36-30-39)58-53-23-11-5-17-47(53)48-18-6-12-24-54(48)58;1-5-19-33-29(15-1)30-16-2-6-20-34(30)37(33)27-13-9-11-25(23-27)26-12-10-14-28(24-26)38-35-21-7-3-17-31(35)32-18-4-8-22-36(32)38;1-5-13-33-29(9-1)30-10-2-6-14-34(30)37(33)27-21-17-25(18-22-27)26-19-23-28(24-20-26)38-35-15-7-3-11-31(35)32-12-4-8-16-36(32)38;2-1-3/h1-36H;2*1-24H;1,3H2. The van der Waals surface area contributed by atoms with Gasteiger partial charge in [0.1, 0.15) is 0 Å². The van der Waals surface area contributed by atoms with Crippen LogP contribution in [0.1, 0.15) is 0 Å². The Balaban J connectivity index is 0.000000111. The van der Waals surface area contributed by atoms with Crippen LogP contribution in [0, 0.1) is 0 Å². The average molecular weight is 1770 g/mol. The molecule has 10 heteroatoms. The molecule has 1 unspecified atom stereocenters. The molecule has 0 N–H and O–H groups in total. The summed E-state index contributed by atoms with van der Waals surface area (Å²) >= 11 is 0. The molecule has 0 bridgehead atoms. The Morgan fingerprint density at radius 2 is 0.285 bits per heavy atom. The maximum absolute atomic E-state index is 4.81. The van der Waals surface area contributed by atoms with Crippen LogP contribution in [-0.2, 0) is 0 Å². The van der Waals surface area contributed by atoms with Crippen LogP contribution < -0.4 is 4.90 Å². The fraction of sp³-hybridized carbons (Fsp3) is 0.00787. The van der Waals surface area contributed by atoms with E-state index in [9.17, 15) is 0 Å². The van der Waals surface area contributed by atoms with E-state index in [0.717, 1.165) is 34.1 Å². The van der Waals surface area contributed by atoms with Crippen molar-refractivity contribution in [1.29, 1.82) is 0 Å². The van der Waals surface area contributed by atoms with Crippen molar-refractivity contribution in [2.75, 3.05) is 11.0 Å². The van der Waals surface area contributed by atoms with Gasteiger partial charge < -0.3 is 36.9 Å². The van der Waals surface area contributed by atoms with E-state index >= 15 is 0 Å². The van der Waals surface area contributed by atoms with Crippen molar-refractivity contribution in [2.45, 2.75) is 0 Å². The summed E-state index contributed by atoms with van der Waals surface area (Å²) in [5.41, 5.74) is 33.2. The molecule has 7 heterocycles. The van der Waals surface area contributed by atoms with Crippen LogP contribution in [-0.4, -0.2) is 45.9 Å². The topological polar surface area (TPSA) is 37.8 Å². The molecule has 8 nitrogen and oxygen atoms in total. The lowest BCUT2D eigenvalue weighted by Gasteiger charge is -2.26. The van der Waals surface area contributed by atoms with Gasteiger partial charge in [-0.1, -0.05) is 309 Å². The van der Waals surface area contributed by atoms with Crippen LogP contribution in [0.5, 0.6) is 0 Å². The Labute approximate surface area is 795 Å². The molecule has 0 saturated carbocycles. The summed E-state index contributed by atoms with van der Waals surface area (Å²) in [5.74, 6) is 0. The summed E-state index contributed by atoms with van der Waals surface area (Å²) in [4.78, 5) is 2.36. The molecular weight excluding hydrogens is 1680 g/mol. The van der Waals surface area contributed by atoms with Crippen LogP contribution in [0.25, 0.3) is 215 Å². The minimum absolute atomic E-state index is 0.667. The van der Waals surface area contributed by atoms with Gasteiger partial charge in [0.2, 0.25) is 0 Å². The number of hydrogen-bond acceptors (Lipinski definition) is 1. The largest absolute Gasteiger partial charge is 0.310 e. The second-order valence-corrected chi connectivity index (χ2v) is 35.4. The van der Waals surface area contributed by atoms with E-state index in [0.29, 0.717) is 6.06 Å². The Morgan fingerprint density at radius 1 is 0.146 bits per heavy atom. The SMILES string of the molecule is [B]CP.c1cc(-c2cccc(-n3c4ccccc4c4ccccc43)c2)cc(-n2c3ccccc3c3ccccc32)c1.c1ccc2c(c1)c1ccccc1n2-c1ccc(-c2ccc(-n3c4ccccc4c4ccccc43)cc2)cc1.c1ccc2c(c1)c1ccccc1n2-c1ccc(N(c2ccc(-n3c4ccccc4c4ccccc43)cc2)c2ccc(-n3c4ccccc4c4ccccc43)cc2)cc1. The number of aromatic nitrogens is 7. The van der Waals surface area contributed by atoms with Gasteiger partial charge in [0.25, 0.3) is 0 Å². The van der Waals surface area contributed by atoms with Gasteiger partial charge in [-0.25, -0.2) is 0 Å². The molecule has 644 valence electrons. The number of benzene rings is 21. The summed E-state index contributed by atoms with van der Waals surface area (Å²) in [7, 11) is 7.17. The van der Waals surface area contributed by atoms with Gasteiger partial charge >= 0.3 is 0 Å². The first-order valence-corrected chi connectivity index (χ1v) is 47.6. The van der Waals surface area contributed by atoms with Crippen LogP contribution in [0.2, 0.25) is 0 Å². The summed E-state index contributed by atoms with van der Waals surface area (Å²) in [6, 6.07) is 185. The number of anilines is 3. The summed E-state index contributed by atoms with van der Waals surface area (Å²) in [6.45, 7) is 0. The molecule has 2 radical (unpaired) electrons. The van der Waals surface area contributed by atoms with Crippen molar-refractivity contribution in [3.63, 3.8) is 0 Å². The first-order valence-electron chi connectivity index (χ1n) is 46.8. The maximum Gasteiger partial charge on any atom is 0.0709 e. The molecule has 28 aromatic rings. The van der Waals surface area contributed by atoms with Gasteiger partial charge in [-0.05, 0) is 229 Å². The summed E-state index contributed by atoms with van der Waals surface area (Å²) in [5, 5.41) is 17.8. The number of para-hydroxylation sites is 14. The highest BCUT2D eigenvalue weighted by Gasteiger charge is 2.23. The van der Waals surface area contributed by atoms with Gasteiger partial charge in [0, 0.05) is 132 Å². The smallest absolute Gasteiger partial charge is 0.0709 e. The van der Waals surface area contributed by atoms with Crippen molar-refractivity contribution in [3.05, 3.63) is 510 Å². The molecule has 0 aliphatic heterocycles. The van der Waals surface area contributed by atoms with Gasteiger partial charge in [0.15, 0.2) is 0 Å². The third kappa shape index (κ3) is 14.0. The second-order valence-electron chi connectivity index (χ2n) is 34.9. The molecule has 28 rings (SSSR count). The lowest BCUT2D eigenvalue weighted by molar-refractivity contribution is 1.16. The molecule has 0 aliphatic rings. The highest BCUT2D eigenvalue weighted by Crippen LogP contribution is 2.44. The van der Waals surface area contributed by atoms with E-state index in [1.165, 1.54) is 198 Å². The first kappa shape index (κ1) is 81.5. The lowest BCUT2D eigenvalue weighted by Crippen LogP contribution is -2.10. The Morgan fingerprint density at radius 3 is 0.445 bits per heavy atom. The molecule has 0 amide bonds. The summed E-state index contributed by atoms with van der Waals surface area (Å²) < 4.78 is 16.6. The van der Waals surface area contributed by atoms with E-state index in [1.54, 1.807) is 0 Å². The Bertz CT molecular complexity index is 8420. The van der Waals surface area contributed by atoms with E-state index in [2.05, 4.69) is 556 Å². The van der Waals surface area contributed by atoms with E-state index in [1.807, 2.05) is 0 Å². The van der Waals surface area contributed by atoms with Crippen LogP contribution >= 0.6 is 9.24 Å². The van der Waals surface area contributed by atoms with Crippen molar-refractivity contribution >= 4 is 187 Å². The van der Waals surface area contributed by atoms with Gasteiger partial charge in [-0.15, -0.1) is 9.24 Å². The fourth-order valence-corrected chi connectivity index (χ4v) is 21.4. The zero-order valence-corrected chi connectivity index (χ0v) is 76.1. The molecule has 137 heavy (non-hydrogen) atoms. The van der Waals surface area contributed by atoms with Gasteiger partial charge in [-0.2, -0.15) is 0 Å². The van der Waals surface area contributed by atoms with Crippen LogP contribution in [0.3, 0.4) is 0 Å². The Hall–Kier alpha value is -17.5. The average Bonchev–Trinajstić information content (AvgIpc) is 1.62. The van der Waals surface area contributed by atoms with Crippen molar-refractivity contribution in [2.24, 2.45) is 0 Å². The zero-order chi connectivity index (χ0) is 91.0. The van der Waals surface area contributed by atoms with Crippen molar-refractivity contribution in [1.82, 2.24) is 32.0 Å². The monoisotopic (exact) mass is 1770 g/mol. The third-order valence-corrected chi connectivity index (χ3v) is 27.3. The van der Waals surface area contributed by atoms with E-state index in [-0.39, 0.29) is 0 Å². The molecule has 1 atom stereocenters. The number of hydrogen-bond donors (Lipinski definition) is 0. The predicted molar refractivity (Wildman–Crippen MR) is 586 cm³/mol. The Kier molecular flexibility index (Phi) is 20.6. The lowest BCUT2D eigenvalue weighted by atomic mass is 10.0. The molecule has 7 aromatic heterocycles. The van der Waals surface area contributed by atoms with Crippen molar-refractivity contribution < 1.29 is 0 Å². The molecule has 0 aliphatic carbocycles. The highest BCUT2D eigenvalue weighted by molar-refractivity contribution is 7.19. The minimum Gasteiger partial charge on any atom is -0.310 e. The second kappa shape index (κ2) is 34.6. The maximum atomic E-state index is 4.81. The first-order chi connectivity index (χ1) is 67.9. The predicted octanol–water partition coefficient (Wildman–Crippen LogP) is 33.5. The van der Waals surface area contributed by atoms with Crippen LogP contribution in [0.15, 0.2) is 510 Å². The van der Waals surface area contributed by atoms with Gasteiger partial charge in [-0.3, -0.25) is 0 Å². The fourth-order valence-electron chi connectivity index (χ4n) is 21.4. The van der Waals surface area contributed by atoms with Crippen molar-refractivity contribution in [3.8, 4) is 62.1 Å².